The Morgan fingerprint density at radius 2 is 1.86 bits per heavy atom. The van der Waals surface area contributed by atoms with Crippen LogP contribution in [0.25, 0.3) is 0 Å². The molecule has 1 saturated heterocycles. The number of amides is 2. The maximum Gasteiger partial charge on any atom is 0.419 e. The first-order valence-electron chi connectivity index (χ1n) is 9.33. The predicted molar refractivity (Wildman–Crippen MR) is 96.3 cm³/mol. The Labute approximate surface area is 161 Å². The second-order valence-corrected chi connectivity index (χ2v) is 7.60. The van der Waals surface area contributed by atoms with Gasteiger partial charge in [-0.3, -0.25) is 0 Å². The number of halogens is 3. The number of benzene rings is 1. The molecule has 2 aliphatic rings. The molecule has 1 aliphatic heterocycles. The summed E-state index contributed by atoms with van der Waals surface area (Å²) in [5.74, 6) is 0.467. The van der Waals surface area contributed by atoms with Crippen molar-refractivity contribution in [2.45, 2.75) is 37.9 Å². The lowest BCUT2D eigenvalue weighted by atomic mass is 9.61. The molecule has 1 aliphatic carbocycles. The number of nitrogens with zero attached hydrogens (tertiary/aromatic N) is 3. The van der Waals surface area contributed by atoms with Crippen molar-refractivity contribution < 1.29 is 18.0 Å². The molecule has 8 heteroatoms. The molecule has 5 nitrogen and oxygen atoms in total. The van der Waals surface area contributed by atoms with Gasteiger partial charge in [0.2, 0.25) is 0 Å². The van der Waals surface area contributed by atoms with Gasteiger partial charge in [-0.1, -0.05) is 36.8 Å². The van der Waals surface area contributed by atoms with Gasteiger partial charge in [-0.25, -0.2) is 14.8 Å². The van der Waals surface area contributed by atoms with Crippen LogP contribution < -0.4 is 5.32 Å². The Morgan fingerprint density at radius 3 is 2.43 bits per heavy atom. The third-order valence-electron chi connectivity index (χ3n) is 5.92. The van der Waals surface area contributed by atoms with Gasteiger partial charge in [0.25, 0.3) is 0 Å². The van der Waals surface area contributed by atoms with Crippen molar-refractivity contribution in [2.24, 2.45) is 5.41 Å². The molecule has 1 unspecified atom stereocenters. The van der Waals surface area contributed by atoms with Gasteiger partial charge in [-0.05, 0) is 23.8 Å². The van der Waals surface area contributed by atoms with Crippen LogP contribution in [0.3, 0.4) is 0 Å². The van der Waals surface area contributed by atoms with Crippen LogP contribution in [-0.4, -0.2) is 34.0 Å². The van der Waals surface area contributed by atoms with E-state index in [4.69, 9.17) is 0 Å². The molecule has 2 heterocycles. The van der Waals surface area contributed by atoms with E-state index in [1.807, 2.05) is 18.2 Å². The molecule has 1 saturated carbocycles. The summed E-state index contributed by atoms with van der Waals surface area (Å²) >= 11 is 0. The highest BCUT2D eigenvalue weighted by Gasteiger charge is 2.51. The zero-order valence-corrected chi connectivity index (χ0v) is 15.2. The highest BCUT2D eigenvalue weighted by atomic mass is 19.4. The van der Waals surface area contributed by atoms with Gasteiger partial charge in [0, 0.05) is 31.4 Å². The number of carbonyl (C=O) groups excluding carboxylic acids is 1. The van der Waals surface area contributed by atoms with Crippen LogP contribution in [0, 0.1) is 5.41 Å². The first kappa shape index (κ1) is 18.7. The Morgan fingerprint density at radius 1 is 1.18 bits per heavy atom. The van der Waals surface area contributed by atoms with E-state index in [-0.39, 0.29) is 23.8 Å². The number of likely N-dealkylation sites (tertiary alicyclic amines) is 1. The van der Waals surface area contributed by atoms with E-state index in [0.717, 1.165) is 25.2 Å². The van der Waals surface area contributed by atoms with Gasteiger partial charge in [0.15, 0.2) is 0 Å². The summed E-state index contributed by atoms with van der Waals surface area (Å²) in [4.78, 5) is 21.8. The minimum Gasteiger partial charge on any atom is -0.331 e. The van der Waals surface area contributed by atoms with Crippen LogP contribution in [0.2, 0.25) is 0 Å². The molecule has 1 spiro atoms. The molecule has 148 valence electrons. The van der Waals surface area contributed by atoms with Crippen LogP contribution in [-0.2, 0) is 12.7 Å². The molecular weight excluding hydrogens is 369 g/mol. The Bertz CT molecular complexity index is 835. The zero-order valence-electron chi connectivity index (χ0n) is 15.2. The van der Waals surface area contributed by atoms with Gasteiger partial charge in [0.05, 0.1) is 12.1 Å². The summed E-state index contributed by atoms with van der Waals surface area (Å²) in [7, 11) is 0. The SMILES string of the molecule is O=C(NCc1ncc(C(F)(F)F)cn1)N1CC(c2ccccc2)C2(CCC2)C1. The van der Waals surface area contributed by atoms with Crippen molar-refractivity contribution >= 4 is 6.03 Å². The van der Waals surface area contributed by atoms with Crippen molar-refractivity contribution in [3.8, 4) is 0 Å². The van der Waals surface area contributed by atoms with Crippen LogP contribution in [0.4, 0.5) is 18.0 Å². The van der Waals surface area contributed by atoms with Crippen LogP contribution >= 0.6 is 0 Å². The molecule has 1 atom stereocenters. The number of nitrogens with one attached hydrogen (secondary N) is 1. The van der Waals surface area contributed by atoms with E-state index in [9.17, 15) is 18.0 Å². The standard InChI is InChI=1S/C20H21F3N4O/c21-20(22,23)15-9-24-17(25-10-15)11-26-18(28)27-12-16(14-5-2-1-3-6-14)19(13-27)7-4-8-19/h1-3,5-6,9-10,16H,4,7-8,11-13H2,(H,26,28). The van der Waals surface area contributed by atoms with Gasteiger partial charge < -0.3 is 10.2 Å². The van der Waals surface area contributed by atoms with E-state index < -0.39 is 11.7 Å². The molecule has 1 aromatic heterocycles. The Kier molecular flexibility index (Phi) is 4.72. The van der Waals surface area contributed by atoms with Crippen molar-refractivity contribution in [1.29, 1.82) is 0 Å². The number of urea groups is 1. The smallest absolute Gasteiger partial charge is 0.331 e. The van der Waals surface area contributed by atoms with Gasteiger partial charge in [-0.15, -0.1) is 0 Å². The molecule has 0 bridgehead atoms. The molecule has 1 N–H and O–H groups in total. The summed E-state index contributed by atoms with van der Waals surface area (Å²) in [6.07, 6.45) is 0.397. The van der Waals surface area contributed by atoms with Gasteiger partial charge in [-0.2, -0.15) is 13.2 Å². The predicted octanol–water partition coefficient (Wildman–Crippen LogP) is 3.97. The molecule has 4 rings (SSSR count). The number of carbonyl (C=O) groups is 1. The monoisotopic (exact) mass is 390 g/mol. The Hall–Kier alpha value is -2.64. The van der Waals surface area contributed by atoms with E-state index >= 15 is 0 Å². The molecule has 0 radical (unpaired) electrons. The topological polar surface area (TPSA) is 58.1 Å². The van der Waals surface area contributed by atoms with Crippen LogP contribution in [0.15, 0.2) is 42.7 Å². The van der Waals surface area contributed by atoms with Crippen LogP contribution in [0.5, 0.6) is 0 Å². The lowest BCUT2D eigenvalue weighted by molar-refractivity contribution is -0.138. The normalized spacial score (nSPS) is 20.8. The first-order chi connectivity index (χ1) is 13.4. The number of hydrogen-bond donors (Lipinski definition) is 1. The molecule has 28 heavy (non-hydrogen) atoms. The average Bonchev–Trinajstić information content (AvgIpc) is 3.08. The number of hydrogen-bond acceptors (Lipinski definition) is 3. The summed E-state index contributed by atoms with van der Waals surface area (Å²) in [6, 6.07) is 10.0. The second-order valence-electron chi connectivity index (χ2n) is 7.60. The fourth-order valence-electron chi connectivity index (χ4n) is 4.26. The lowest BCUT2D eigenvalue weighted by Crippen LogP contribution is -2.41. The number of aromatic nitrogens is 2. The van der Waals surface area contributed by atoms with Crippen molar-refractivity contribution in [1.82, 2.24) is 20.2 Å². The minimum atomic E-state index is -4.47. The maximum atomic E-state index is 12.6. The number of rotatable bonds is 3. The van der Waals surface area contributed by atoms with E-state index in [2.05, 4.69) is 27.4 Å². The van der Waals surface area contributed by atoms with Crippen LogP contribution in [0.1, 0.15) is 42.1 Å². The quantitative estimate of drug-likeness (QED) is 0.863. The molecule has 2 aromatic rings. The first-order valence-corrected chi connectivity index (χ1v) is 9.33. The number of alkyl halides is 3. The third-order valence-corrected chi connectivity index (χ3v) is 5.92. The van der Waals surface area contributed by atoms with E-state index in [1.54, 1.807) is 4.90 Å². The minimum absolute atomic E-state index is 0.00350. The summed E-state index contributed by atoms with van der Waals surface area (Å²) in [5.41, 5.74) is 0.493. The third kappa shape index (κ3) is 3.55. The molecule has 2 fully saturated rings. The molecule has 2 amide bonds. The van der Waals surface area contributed by atoms with E-state index in [0.29, 0.717) is 19.0 Å². The lowest BCUT2D eigenvalue weighted by Gasteiger charge is -2.43. The van der Waals surface area contributed by atoms with E-state index in [1.165, 1.54) is 12.0 Å². The maximum absolute atomic E-state index is 12.6. The fraction of sp³-hybridized carbons (Fsp3) is 0.450. The average molecular weight is 390 g/mol. The van der Waals surface area contributed by atoms with Crippen molar-refractivity contribution in [2.75, 3.05) is 13.1 Å². The zero-order chi connectivity index (χ0) is 19.8. The second kappa shape index (κ2) is 7.07. The summed E-state index contributed by atoms with van der Waals surface area (Å²) in [5, 5.41) is 2.74. The molecule has 1 aromatic carbocycles. The Balaban J connectivity index is 1.39. The van der Waals surface area contributed by atoms with Gasteiger partial charge >= 0.3 is 12.2 Å². The largest absolute Gasteiger partial charge is 0.419 e. The summed E-state index contributed by atoms with van der Waals surface area (Å²) in [6.45, 7) is 1.34. The highest BCUT2D eigenvalue weighted by Crippen LogP contribution is 2.55. The highest BCUT2D eigenvalue weighted by molar-refractivity contribution is 5.74. The van der Waals surface area contributed by atoms with Gasteiger partial charge in [0.1, 0.15) is 5.82 Å². The summed E-state index contributed by atoms with van der Waals surface area (Å²) < 4.78 is 37.7. The van der Waals surface area contributed by atoms with Crippen molar-refractivity contribution in [3.05, 3.63) is 59.7 Å². The fourth-order valence-corrected chi connectivity index (χ4v) is 4.26. The van der Waals surface area contributed by atoms with Crippen molar-refractivity contribution in [3.63, 3.8) is 0 Å². The molecular formula is C20H21F3N4O.